The molecule has 0 radical (unpaired) electrons. The SMILES string of the molecule is CNc1c(-c2coc3ccccc23)n[nH]c1C. The fraction of sp³-hybridized carbons (Fsp3) is 0.154. The number of aryl methyl sites for hydroxylation is 1. The van der Waals surface area contributed by atoms with Gasteiger partial charge in [0.15, 0.2) is 0 Å². The molecule has 2 aromatic heterocycles. The molecule has 0 spiro atoms. The molecule has 0 unspecified atom stereocenters. The minimum absolute atomic E-state index is 0.880. The number of fused-ring (bicyclic) bond motifs is 1. The molecule has 0 bridgehead atoms. The molecule has 0 saturated carbocycles. The summed E-state index contributed by atoms with van der Waals surface area (Å²) >= 11 is 0. The maximum atomic E-state index is 5.53. The van der Waals surface area contributed by atoms with Crippen molar-refractivity contribution in [2.75, 3.05) is 12.4 Å². The van der Waals surface area contributed by atoms with E-state index in [1.165, 1.54) is 0 Å². The van der Waals surface area contributed by atoms with Crippen LogP contribution in [-0.4, -0.2) is 17.2 Å². The lowest BCUT2D eigenvalue weighted by atomic mass is 10.1. The first kappa shape index (κ1) is 9.96. The summed E-state index contributed by atoms with van der Waals surface area (Å²) in [4.78, 5) is 0. The van der Waals surface area contributed by atoms with Crippen LogP contribution in [0.2, 0.25) is 0 Å². The van der Waals surface area contributed by atoms with Gasteiger partial charge in [-0.25, -0.2) is 0 Å². The normalized spacial score (nSPS) is 10.9. The lowest BCUT2D eigenvalue weighted by Crippen LogP contribution is -1.90. The number of nitrogens with zero attached hydrogens (tertiary/aromatic N) is 1. The molecule has 3 aromatic rings. The Hall–Kier alpha value is -2.23. The largest absolute Gasteiger partial charge is 0.464 e. The quantitative estimate of drug-likeness (QED) is 0.707. The van der Waals surface area contributed by atoms with Crippen LogP contribution in [0.1, 0.15) is 5.69 Å². The van der Waals surface area contributed by atoms with Crippen molar-refractivity contribution < 1.29 is 4.42 Å². The third-order valence-corrected chi connectivity index (χ3v) is 2.93. The van der Waals surface area contributed by atoms with Crippen molar-refractivity contribution >= 4 is 16.7 Å². The number of hydrogen-bond acceptors (Lipinski definition) is 3. The van der Waals surface area contributed by atoms with Crippen molar-refractivity contribution in [2.24, 2.45) is 0 Å². The summed E-state index contributed by atoms with van der Waals surface area (Å²) in [5, 5.41) is 11.6. The van der Waals surface area contributed by atoms with Crippen LogP contribution in [0.25, 0.3) is 22.2 Å². The number of hydrogen-bond donors (Lipinski definition) is 2. The number of nitrogens with one attached hydrogen (secondary N) is 2. The van der Waals surface area contributed by atoms with E-state index < -0.39 is 0 Å². The number of furan rings is 1. The number of para-hydroxylation sites is 1. The van der Waals surface area contributed by atoms with Gasteiger partial charge in [0, 0.05) is 12.4 Å². The number of H-pyrrole nitrogens is 1. The Morgan fingerprint density at radius 2 is 2.12 bits per heavy atom. The predicted octanol–water partition coefficient (Wildman–Crippen LogP) is 3.17. The summed E-state index contributed by atoms with van der Waals surface area (Å²) < 4.78 is 5.53. The Labute approximate surface area is 98.6 Å². The Bertz CT molecular complexity index is 666. The molecule has 2 heterocycles. The Morgan fingerprint density at radius 3 is 2.94 bits per heavy atom. The predicted molar refractivity (Wildman–Crippen MR) is 68.1 cm³/mol. The van der Waals surface area contributed by atoms with Crippen LogP contribution in [0.5, 0.6) is 0 Å². The highest BCUT2D eigenvalue weighted by Crippen LogP contribution is 2.34. The van der Waals surface area contributed by atoms with E-state index in [9.17, 15) is 0 Å². The fourth-order valence-corrected chi connectivity index (χ4v) is 2.09. The molecular weight excluding hydrogens is 214 g/mol. The van der Waals surface area contributed by atoms with Crippen molar-refractivity contribution in [3.63, 3.8) is 0 Å². The topological polar surface area (TPSA) is 53.9 Å². The van der Waals surface area contributed by atoms with Crippen LogP contribution >= 0.6 is 0 Å². The molecule has 4 heteroatoms. The third kappa shape index (κ3) is 1.41. The first-order valence-corrected chi connectivity index (χ1v) is 5.50. The molecule has 2 N–H and O–H groups in total. The maximum Gasteiger partial charge on any atom is 0.134 e. The van der Waals surface area contributed by atoms with Gasteiger partial charge in [0.25, 0.3) is 0 Å². The average Bonchev–Trinajstić information content (AvgIpc) is 2.92. The molecule has 0 aliphatic heterocycles. The molecular formula is C13H13N3O. The van der Waals surface area contributed by atoms with E-state index in [1.54, 1.807) is 6.26 Å². The number of aromatic amines is 1. The molecule has 3 rings (SSSR count). The Kier molecular flexibility index (Phi) is 2.14. The van der Waals surface area contributed by atoms with Gasteiger partial charge in [-0.3, -0.25) is 5.10 Å². The van der Waals surface area contributed by atoms with Crippen LogP contribution in [-0.2, 0) is 0 Å². The molecule has 1 aromatic carbocycles. The molecule has 17 heavy (non-hydrogen) atoms. The van der Waals surface area contributed by atoms with Gasteiger partial charge in [0.2, 0.25) is 0 Å². The summed E-state index contributed by atoms with van der Waals surface area (Å²) in [6, 6.07) is 7.96. The highest BCUT2D eigenvalue weighted by molar-refractivity contribution is 5.96. The lowest BCUT2D eigenvalue weighted by molar-refractivity contribution is 0.617. The molecule has 0 atom stereocenters. The third-order valence-electron chi connectivity index (χ3n) is 2.93. The first-order chi connectivity index (χ1) is 8.31. The summed E-state index contributed by atoms with van der Waals surface area (Å²) in [5.41, 5.74) is 4.82. The van der Waals surface area contributed by atoms with Crippen LogP contribution in [0.4, 0.5) is 5.69 Å². The number of rotatable bonds is 2. The Morgan fingerprint density at radius 1 is 1.29 bits per heavy atom. The monoisotopic (exact) mass is 227 g/mol. The van der Waals surface area contributed by atoms with Gasteiger partial charge in [0.05, 0.1) is 16.9 Å². The second kappa shape index (κ2) is 3.66. The minimum Gasteiger partial charge on any atom is -0.464 e. The minimum atomic E-state index is 0.880. The van der Waals surface area contributed by atoms with Crippen molar-refractivity contribution in [1.82, 2.24) is 10.2 Å². The van der Waals surface area contributed by atoms with Crippen LogP contribution in [0.3, 0.4) is 0 Å². The zero-order chi connectivity index (χ0) is 11.8. The highest BCUT2D eigenvalue weighted by atomic mass is 16.3. The van der Waals surface area contributed by atoms with Crippen LogP contribution in [0, 0.1) is 6.92 Å². The second-order valence-electron chi connectivity index (χ2n) is 3.97. The molecule has 4 nitrogen and oxygen atoms in total. The Balaban J connectivity index is 2.27. The van der Waals surface area contributed by atoms with Gasteiger partial charge < -0.3 is 9.73 Å². The standard InChI is InChI=1S/C13H13N3O/c1-8-12(14-2)13(16-15-8)10-7-17-11-6-4-3-5-9(10)11/h3-7,14H,1-2H3,(H,15,16). The van der Waals surface area contributed by atoms with E-state index in [0.717, 1.165) is 33.6 Å². The van der Waals surface area contributed by atoms with E-state index >= 15 is 0 Å². The van der Waals surface area contributed by atoms with Crippen molar-refractivity contribution in [3.8, 4) is 11.3 Å². The van der Waals surface area contributed by atoms with Crippen molar-refractivity contribution in [1.29, 1.82) is 0 Å². The number of aromatic nitrogens is 2. The van der Waals surface area contributed by atoms with E-state index in [-0.39, 0.29) is 0 Å². The van der Waals surface area contributed by atoms with Crippen molar-refractivity contribution in [2.45, 2.75) is 6.92 Å². The molecule has 0 fully saturated rings. The van der Waals surface area contributed by atoms with E-state index in [0.29, 0.717) is 0 Å². The fourth-order valence-electron chi connectivity index (χ4n) is 2.09. The summed E-state index contributed by atoms with van der Waals surface area (Å²) in [7, 11) is 1.89. The number of anilines is 1. The zero-order valence-corrected chi connectivity index (χ0v) is 9.74. The maximum absolute atomic E-state index is 5.53. The van der Waals surface area contributed by atoms with Crippen LogP contribution in [0.15, 0.2) is 34.9 Å². The summed E-state index contributed by atoms with van der Waals surface area (Å²) in [6.07, 6.45) is 1.75. The van der Waals surface area contributed by atoms with Crippen molar-refractivity contribution in [3.05, 3.63) is 36.2 Å². The molecule has 0 aliphatic rings. The molecule has 0 saturated heterocycles. The van der Waals surface area contributed by atoms with Gasteiger partial charge in [0.1, 0.15) is 17.5 Å². The molecule has 86 valence electrons. The number of benzene rings is 1. The zero-order valence-electron chi connectivity index (χ0n) is 9.74. The smallest absolute Gasteiger partial charge is 0.134 e. The van der Waals surface area contributed by atoms with Gasteiger partial charge >= 0.3 is 0 Å². The van der Waals surface area contributed by atoms with E-state index in [1.807, 2.05) is 38.2 Å². The average molecular weight is 227 g/mol. The second-order valence-corrected chi connectivity index (χ2v) is 3.97. The van der Waals surface area contributed by atoms with Gasteiger partial charge in [-0.05, 0) is 13.0 Å². The molecule has 0 amide bonds. The van der Waals surface area contributed by atoms with E-state index in [2.05, 4.69) is 15.5 Å². The summed E-state index contributed by atoms with van der Waals surface area (Å²) in [5.74, 6) is 0. The van der Waals surface area contributed by atoms with Gasteiger partial charge in [-0.2, -0.15) is 5.10 Å². The lowest BCUT2D eigenvalue weighted by Gasteiger charge is -2.00. The van der Waals surface area contributed by atoms with Gasteiger partial charge in [-0.15, -0.1) is 0 Å². The van der Waals surface area contributed by atoms with Crippen LogP contribution < -0.4 is 5.32 Å². The highest BCUT2D eigenvalue weighted by Gasteiger charge is 2.15. The van der Waals surface area contributed by atoms with Gasteiger partial charge in [-0.1, -0.05) is 18.2 Å². The first-order valence-electron chi connectivity index (χ1n) is 5.50. The van der Waals surface area contributed by atoms with E-state index in [4.69, 9.17) is 4.42 Å². The summed E-state index contributed by atoms with van der Waals surface area (Å²) in [6.45, 7) is 1.99. The molecule has 0 aliphatic carbocycles.